The van der Waals surface area contributed by atoms with Crippen LogP contribution in [0.4, 0.5) is 10.1 Å². The summed E-state index contributed by atoms with van der Waals surface area (Å²) in [5.74, 6) is -0.147. The second kappa shape index (κ2) is 5.70. The zero-order valence-electron chi connectivity index (χ0n) is 11.5. The summed E-state index contributed by atoms with van der Waals surface area (Å²) in [6.07, 6.45) is 2.51. The predicted molar refractivity (Wildman–Crippen MR) is 74.4 cm³/mol. The SMILES string of the molecule is CCN(c1ccc(F)cc1CNC1CC1)C(C)C. The molecule has 0 unspecified atom stereocenters. The van der Waals surface area contributed by atoms with Gasteiger partial charge in [0, 0.05) is 30.9 Å². The van der Waals surface area contributed by atoms with E-state index >= 15 is 0 Å². The number of hydrogen-bond acceptors (Lipinski definition) is 2. The van der Waals surface area contributed by atoms with Crippen LogP contribution in [0, 0.1) is 5.82 Å². The lowest BCUT2D eigenvalue weighted by atomic mass is 10.1. The molecule has 1 fully saturated rings. The van der Waals surface area contributed by atoms with Gasteiger partial charge in [0.15, 0.2) is 0 Å². The third-order valence-electron chi connectivity index (χ3n) is 3.47. The number of nitrogens with zero attached hydrogens (tertiary/aromatic N) is 1. The van der Waals surface area contributed by atoms with E-state index in [0.717, 1.165) is 24.3 Å². The molecule has 0 radical (unpaired) electrons. The monoisotopic (exact) mass is 250 g/mol. The maximum absolute atomic E-state index is 13.4. The quantitative estimate of drug-likeness (QED) is 0.833. The Balaban J connectivity index is 2.19. The lowest BCUT2D eigenvalue weighted by molar-refractivity contribution is 0.615. The highest BCUT2D eigenvalue weighted by atomic mass is 19.1. The van der Waals surface area contributed by atoms with Crippen LogP contribution in [0.3, 0.4) is 0 Å². The highest BCUT2D eigenvalue weighted by Crippen LogP contribution is 2.25. The fourth-order valence-corrected chi connectivity index (χ4v) is 2.33. The van der Waals surface area contributed by atoms with E-state index in [2.05, 4.69) is 31.0 Å². The smallest absolute Gasteiger partial charge is 0.123 e. The van der Waals surface area contributed by atoms with Crippen LogP contribution in [-0.2, 0) is 6.54 Å². The first-order chi connectivity index (χ1) is 8.61. The van der Waals surface area contributed by atoms with Crippen LogP contribution < -0.4 is 10.2 Å². The summed E-state index contributed by atoms with van der Waals surface area (Å²) in [7, 11) is 0. The minimum absolute atomic E-state index is 0.147. The summed E-state index contributed by atoms with van der Waals surface area (Å²) in [6.45, 7) is 8.19. The first kappa shape index (κ1) is 13.3. The van der Waals surface area contributed by atoms with E-state index in [4.69, 9.17) is 0 Å². The molecule has 0 aromatic heterocycles. The van der Waals surface area contributed by atoms with Crippen LogP contribution in [0.25, 0.3) is 0 Å². The third kappa shape index (κ3) is 3.22. The van der Waals surface area contributed by atoms with E-state index in [1.54, 1.807) is 12.1 Å². The van der Waals surface area contributed by atoms with Gasteiger partial charge in [-0.2, -0.15) is 0 Å². The number of halogens is 1. The van der Waals surface area contributed by atoms with E-state index in [-0.39, 0.29) is 5.82 Å². The van der Waals surface area contributed by atoms with E-state index in [9.17, 15) is 4.39 Å². The molecule has 2 rings (SSSR count). The molecule has 18 heavy (non-hydrogen) atoms. The second-order valence-corrected chi connectivity index (χ2v) is 5.31. The Bertz CT molecular complexity index is 399. The summed E-state index contributed by atoms with van der Waals surface area (Å²) in [6, 6.07) is 6.20. The first-order valence-corrected chi connectivity index (χ1v) is 6.90. The van der Waals surface area contributed by atoms with E-state index in [0.29, 0.717) is 12.1 Å². The van der Waals surface area contributed by atoms with Gasteiger partial charge in [0.2, 0.25) is 0 Å². The summed E-state index contributed by atoms with van der Waals surface area (Å²) < 4.78 is 13.4. The van der Waals surface area contributed by atoms with Crippen LogP contribution in [0.2, 0.25) is 0 Å². The van der Waals surface area contributed by atoms with Crippen LogP contribution >= 0.6 is 0 Å². The molecule has 3 heteroatoms. The normalized spacial score (nSPS) is 15.2. The van der Waals surface area contributed by atoms with Gasteiger partial charge in [-0.25, -0.2) is 4.39 Å². The highest BCUT2D eigenvalue weighted by Gasteiger charge is 2.21. The zero-order valence-corrected chi connectivity index (χ0v) is 11.5. The average molecular weight is 250 g/mol. The summed E-state index contributed by atoms with van der Waals surface area (Å²) >= 11 is 0. The van der Waals surface area contributed by atoms with Crippen LogP contribution in [0.15, 0.2) is 18.2 Å². The molecule has 0 heterocycles. The molecule has 0 amide bonds. The van der Waals surface area contributed by atoms with Crippen molar-refractivity contribution >= 4 is 5.69 Å². The third-order valence-corrected chi connectivity index (χ3v) is 3.47. The Labute approximate surface area is 109 Å². The molecule has 1 aromatic carbocycles. The fraction of sp³-hybridized carbons (Fsp3) is 0.600. The van der Waals surface area contributed by atoms with Crippen molar-refractivity contribution in [1.82, 2.24) is 5.32 Å². The molecule has 1 aromatic rings. The van der Waals surface area contributed by atoms with Gasteiger partial charge in [0.1, 0.15) is 5.82 Å². The molecule has 2 nitrogen and oxygen atoms in total. The Hall–Kier alpha value is -1.09. The van der Waals surface area contributed by atoms with Crippen molar-refractivity contribution in [1.29, 1.82) is 0 Å². The van der Waals surface area contributed by atoms with E-state index in [1.165, 1.54) is 12.8 Å². The molecular weight excluding hydrogens is 227 g/mol. The summed E-state index contributed by atoms with van der Waals surface area (Å²) in [4.78, 5) is 2.31. The standard InChI is InChI=1S/C15H23FN2/c1-4-18(11(2)3)15-8-5-13(16)9-12(15)10-17-14-6-7-14/h5,8-9,11,14,17H,4,6-7,10H2,1-3H3. The van der Waals surface area contributed by atoms with Crippen LogP contribution in [0.5, 0.6) is 0 Å². The van der Waals surface area contributed by atoms with Gasteiger partial charge in [-0.1, -0.05) is 0 Å². The molecule has 100 valence electrons. The van der Waals surface area contributed by atoms with Crippen molar-refractivity contribution in [3.63, 3.8) is 0 Å². The molecule has 0 saturated heterocycles. The number of benzene rings is 1. The molecule has 0 atom stereocenters. The lowest BCUT2D eigenvalue weighted by Crippen LogP contribution is -2.32. The average Bonchev–Trinajstić information content (AvgIpc) is 3.13. The highest BCUT2D eigenvalue weighted by molar-refractivity contribution is 5.54. The van der Waals surface area contributed by atoms with Crippen molar-refractivity contribution < 1.29 is 4.39 Å². The molecule has 1 aliphatic rings. The molecule has 1 N–H and O–H groups in total. The molecule has 1 saturated carbocycles. The lowest BCUT2D eigenvalue weighted by Gasteiger charge is -2.30. The first-order valence-electron chi connectivity index (χ1n) is 6.90. The summed E-state index contributed by atoms with van der Waals surface area (Å²) in [5.41, 5.74) is 2.22. The molecule has 1 aliphatic carbocycles. The topological polar surface area (TPSA) is 15.3 Å². The number of rotatable bonds is 6. The maximum atomic E-state index is 13.4. The van der Waals surface area contributed by atoms with Gasteiger partial charge >= 0.3 is 0 Å². The fourth-order valence-electron chi connectivity index (χ4n) is 2.33. The van der Waals surface area contributed by atoms with Gasteiger partial charge in [-0.05, 0) is 57.4 Å². The number of hydrogen-bond donors (Lipinski definition) is 1. The largest absolute Gasteiger partial charge is 0.369 e. The summed E-state index contributed by atoms with van der Waals surface area (Å²) in [5, 5.41) is 3.47. The predicted octanol–water partition coefficient (Wildman–Crippen LogP) is 3.31. The second-order valence-electron chi connectivity index (χ2n) is 5.31. The van der Waals surface area contributed by atoms with E-state index < -0.39 is 0 Å². The van der Waals surface area contributed by atoms with Gasteiger partial charge in [0.05, 0.1) is 0 Å². The van der Waals surface area contributed by atoms with Gasteiger partial charge in [-0.3, -0.25) is 0 Å². The Kier molecular flexibility index (Phi) is 4.23. The van der Waals surface area contributed by atoms with Crippen molar-refractivity contribution in [2.45, 2.75) is 52.2 Å². The maximum Gasteiger partial charge on any atom is 0.123 e. The molecule has 0 bridgehead atoms. The molecule has 0 aliphatic heterocycles. The van der Waals surface area contributed by atoms with Crippen molar-refractivity contribution in [3.8, 4) is 0 Å². The van der Waals surface area contributed by atoms with Gasteiger partial charge < -0.3 is 10.2 Å². The number of nitrogens with one attached hydrogen (secondary N) is 1. The van der Waals surface area contributed by atoms with Crippen molar-refractivity contribution in [2.24, 2.45) is 0 Å². The minimum atomic E-state index is -0.147. The zero-order chi connectivity index (χ0) is 13.1. The van der Waals surface area contributed by atoms with Crippen molar-refractivity contribution in [3.05, 3.63) is 29.6 Å². The van der Waals surface area contributed by atoms with Crippen LogP contribution in [0.1, 0.15) is 39.2 Å². The minimum Gasteiger partial charge on any atom is -0.369 e. The Morgan fingerprint density at radius 2 is 2.11 bits per heavy atom. The van der Waals surface area contributed by atoms with Gasteiger partial charge in [-0.15, -0.1) is 0 Å². The van der Waals surface area contributed by atoms with Gasteiger partial charge in [0.25, 0.3) is 0 Å². The van der Waals surface area contributed by atoms with E-state index in [1.807, 2.05) is 6.07 Å². The Morgan fingerprint density at radius 1 is 1.39 bits per heavy atom. The molecular formula is C15H23FN2. The van der Waals surface area contributed by atoms with Crippen molar-refractivity contribution in [2.75, 3.05) is 11.4 Å². The van der Waals surface area contributed by atoms with Crippen LogP contribution in [-0.4, -0.2) is 18.6 Å². The Morgan fingerprint density at radius 3 is 2.67 bits per heavy atom. The number of anilines is 1. The molecule has 0 spiro atoms.